The molecule has 138 valence electrons. The van der Waals surface area contributed by atoms with Gasteiger partial charge in [-0.25, -0.2) is 0 Å². The van der Waals surface area contributed by atoms with Crippen molar-refractivity contribution in [2.24, 2.45) is 4.99 Å². The van der Waals surface area contributed by atoms with Crippen molar-refractivity contribution >= 4 is 11.6 Å². The fraction of sp³-hybridized carbons (Fsp3) is 0.611. The molecule has 0 radical (unpaired) electrons. The molecule has 0 atom stereocenters. The van der Waals surface area contributed by atoms with Gasteiger partial charge in [-0.05, 0) is 12.1 Å². The number of hydrogen-bond acceptors (Lipinski definition) is 5. The summed E-state index contributed by atoms with van der Waals surface area (Å²) in [5.41, 5.74) is 0.691. The Labute approximate surface area is 148 Å². The second kappa shape index (κ2) is 8.40. The first-order valence-electron chi connectivity index (χ1n) is 8.75. The molecule has 25 heavy (non-hydrogen) atoms. The van der Waals surface area contributed by atoms with Gasteiger partial charge >= 0.3 is 0 Å². The molecule has 7 nitrogen and oxygen atoms in total. The highest BCUT2D eigenvalue weighted by molar-refractivity contribution is 5.93. The lowest BCUT2D eigenvalue weighted by molar-refractivity contribution is -0.0854. The molecule has 0 amide bonds. The Hall–Kier alpha value is -1.99. The maximum atomic E-state index is 5.75. The largest absolute Gasteiger partial charge is 0.490 e. The van der Waals surface area contributed by atoms with Crippen LogP contribution >= 0.6 is 0 Å². The second-order valence-corrected chi connectivity index (χ2v) is 6.26. The van der Waals surface area contributed by atoms with Crippen LogP contribution in [0.25, 0.3) is 0 Å². The van der Waals surface area contributed by atoms with Crippen molar-refractivity contribution < 1.29 is 18.9 Å². The number of ether oxygens (including phenoxy) is 4. The lowest BCUT2D eigenvalue weighted by Crippen LogP contribution is -2.49. The van der Waals surface area contributed by atoms with Crippen molar-refractivity contribution in [3.05, 3.63) is 18.2 Å². The topological polar surface area (TPSA) is 73.3 Å². The molecule has 0 spiro atoms. The molecule has 0 unspecified atom stereocenters. The summed E-state index contributed by atoms with van der Waals surface area (Å²) in [7, 11) is 3.51. The number of benzene rings is 1. The zero-order valence-corrected chi connectivity index (χ0v) is 15.0. The van der Waals surface area contributed by atoms with Crippen LogP contribution in [0.3, 0.4) is 0 Å². The predicted octanol–water partition coefficient (Wildman–Crippen LogP) is 2.03. The van der Waals surface area contributed by atoms with Gasteiger partial charge in [0.05, 0.1) is 18.8 Å². The van der Waals surface area contributed by atoms with Gasteiger partial charge in [0.2, 0.25) is 0 Å². The molecule has 7 heteroatoms. The molecule has 2 heterocycles. The van der Waals surface area contributed by atoms with Crippen LogP contribution in [0.15, 0.2) is 23.2 Å². The van der Waals surface area contributed by atoms with E-state index in [-0.39, 0.29) is 5.60 Å². The van der Waals surface area contributed by atoms with E-state index in [2.05, 4.69) is 15.6 Å². The number of nitrogens with one attached hydrogen (secondary N) is 2. The van der Waals surface area contributed by atoms with Gasteiger partial charge in [0, 0.05) is 64.9 Å². The van der Waals surface area contributed by atoms with E-state index in [0.717, 1.165) is 49.7 Å². The molecule has 2 N–H and O–H groups in total. The van der Waals surface area contributed by atoms with Crippen LogP contribution < -0.4 is 20.1 Å². The number of guanidine groups is 1. The summed E-state index contributed by atoms with van der Waals surface area (Å²) in [5, 5.41) is 6.65. The van der Waals surface area contributed by atoms with E-state index in [4.69, 9.17) is 18.9 Å². The van der Waals surface area contributed by atoms with Crippen molar-refractivity contribution in [1.29, 1.82) is 0 Å². The number of rotatable bonds is 4. The Bertz CT molecular complexity index is 600. The summed E-state index contributed by atoms with van der Waals surface area (Å²) in [5.74, 6) is 2.24. The molecule has 0 bridgehead atoms. The highest BCUT2D eigenvalue weighted by Crippen LogP contribution is 2.32. The molecule has 1 saturated heterocycles. The SMILES string of the molecule is CN=C(NCC1(OC)CCOCC1)Nc1ccc2c(c1)OCCCO2. The number of aliphatic imine (C=N–C) groups is 1. The van der Waals surface area contributed by atoms with Crippen LogP contribution in [0.2, 0.25) is 0 Å². The van der Waals surface area contributed by atoms with Crippen LogP contribution in [0, 0.1) is 0 Å². The zero-order valence-electron chi connectivity index (χ0n) is 15.0. The Kier molecular flexibility index (Phi) is 5.99. The molecule has 0 aliphatic carbocycles. The van der Waals surface area contributed by atoms with Gasteiger partial charge in [0.1, 0.15) is 0 Å². The van der Waals surface area contributed by atoms with Crippen LogP contribution in [0.5, 0.6) is 11.5 Å². The maximum absolute atomic E-state index is 5.75. The molecule has 1 aromatic rings. The summed E-state index contributed by atoms with van der Waals surface area (Å²) in [6.07, 6.45) is 2.64. The van der Waals surface area contributed by atoms with Gasteiger partial charge < -0.3 is 29.6 Å². The number of anilines is 1. The van der Waals surface area contributed by atoms with E-state index in [1.807, 2.05) is 18.2 Å². The molecule has 1 fully saturated rings. The van der Waals surface area contributed by atoms with Gasteiger partial charge in [0.25, 0.3) is 0 Å². The van der Waals surface area contributed by atoms with Crippen LogP contribution in [-0.4, -0.2) is 58.7 Å². The van der Waals surface area contributed by atoms with E-state index in [0.29, 0.717) is 25.7 Å². The molecule has 0 aromatic heterocycles. The molecular weight excluding hydrogens is 322 g/mol. The summed E-state index contributed by atoms with van der Waals surface area (Å²) in [6.45, 7) is 3.48. The molecule has 2 aliphatic rings. The molecule has 2 aliphatic heterocycles. The predicted molar refractivity (Wildman–Crippen MR) is 96.8 cm³/mol. The first kappa shape index (κ1) is 17.8. The number of fused-ring (bicyclic) bond motifs is 1. The Morgan fingerprint density at radius 2 is 1.92 bits per heavy atom. The van der Waals surface area contributed by atoms with E-state index in [1.54, 1.807) is 14.2 Å². The Morgan fingerprint density at radius 3 is 2.64 bits per heavy atom. The lowest BCUT2D eigenvalue weighted by Gasteiger charge is -2.36. The standard InChI is InChI=1S/C18H27N3O4/c1-19-17(20-13-18(22-2)6-10-23-11-7-18)21-14-4-5-15-16(12-14)25-9-3-8-24-15/h4-5,12H,3,6-11,13H2,1-2H3,(H2,19,20,21). The van der Waals surface area contributed by atoms with Gasteiger partial charge in [-0.2, -0.15) is 0 Å². The van der Waals surface area contributed by atoms with Crippen LogP contribution in [-0.2, 0) is 9.47 Å². The third-order valence-corrected chi connectivity index (χ3v) is 4.65. The van der Waals surface area contributed by atoms with Gasteiger partial charge in [-0.3, -0.25) is 4.99 Å². The Balaban J connectivity index is 1.61. The highest BCUT2D eigenvalue weighted by atomic mass is 16.5. The highest BCUT2D eigenvalue weighted by Gasteiger charge is 2.32. The third-order valence-electron chi connectivity index (χ3n) is 4.65. The first-order chi connectivity index (χ1) is 12.2. The smallest absolute Gasteiger partial charge is 0.195 e. The van der Waals surface area contributed by atoms with Crippen molar-refractivity contribution in [3.8, 4) is 11.5 Å². The Morgan fingerprint density at radius 1 is 1.16 bits per heavy atom. The van der Waals surface area contributed by atoms with Gasteiger partial charge in [0.15, 0.2) is 17.5 Å². The second-order valence-electron chi connectivity index (χ2n) is 6.26. The van der Waals surface area contributed by atoms with Crippen molar-refractivity contribution in [2.75, 3.05) is 52.4 Å². The first-order valence-corrected chi connectivity index (χ1v) is 8.75. The molecular formula is C18H27N3O4. The average molecular weight is 349 g/mol. The fourth-order valence-corrected chi connectivity index (χ4v) is 3.00. The van der Waals surface area contributed by atoms with E-state index < -0.39 is 0 Å². The number of methoxy groups -OCH3 is 1. The van der Waals surface area contributed by atoms with Gasteiger partial charge in [-0.15, -0.1) is 0 Å². The summed E-state index contributed by atoms with van der Waals surface area (Å²) in [4.78, 5) is 4.30. The van der Waals surface area contributed by atoms with Crippen LogP contribution in [0.4, 0.5) is 5.69 Å². The normalized spacial score (nSPS) is 19.8. The third kappa shape index (κ3) is 4.55. The van der Waals surface area contributed by atoms with Gasteiger partial charge in [-0.1, -0.05) is 0 Å². The summed E-state index contributed by atoms with van der Waals surface area (Å²) in [6, 6.07) is 5.82. The van der Waals surface area contributed by atoms with E-state index >= 15 is 0 Å². The molecule has 0 saturated carbocycles. The van der Waals surface area contributed by atoms with Crippen molar-refractivity contribution in [3.63, 3.8) is 0 Å². The summed E-state index contributed by atoms with van der Waals surface area (Å²) >= 11 is 0. The maximum Gasteiger partial charge on any atom is 0.195 e. The quantitative estimate of drug-likeness (QED) is 0.640. The minimum absolute atomic E-state index is 0.208. The lowest BCUT2D eigenvalue weighted by atomic mass is 9.94. The minimum Gasteiger partial charge on any atom is -0.490 e. The van der Waals surface area contributed by atoms with Crippen molar-refractivity contribution in [2.45, 2.75) is 24.9 Å². The van der Waals surface area contributed by atoms with Crippen LogP contribution in [0.1, 0.15) is 19.3 Å². The number of hydrogen-bond donors (Lipinski definition) is 2. The molecule has 3 rings (SSSR count). The monoisotopic (exact) mass is 349 g/mol. The average Bonchev–Trinajstić information content (AvgIpc) is 2.90. The van der Waals surface area contributed by atoms with E-state index in [1.165, 1.54) is 0 Å². The molecule has 1 aromatic carbocycles. The number of nitrogens with zero attached hydrogens (tertiary/aromatic N) is 1. The minimum atomic E-state index is -0.208. The summed E-state index contributed by atoms with van der Waals surface area (Å²) < 4.78 is 22.6. The van der Waals surface area contributed by atoms with Crippen molar-refractivity contribution in [1.82, 2.24) is 5.32 Å². The van der Waals surface area contributed by atoms with E-state index in [9.17, 15) is 0 Å². The zero-order chi connectivity index (χ0) is 17.5. The fourth-order valence-electron chi connectivity index (χ4n) is 3.00.